The molecule has 0 heterocycles. The van der Waals surface area contributed by atoms with Gasteiger partial charge in [0.25, 0.3) is 0 Å². The largest absolute Gasteiger partial charge is 0.395 e. The first-order valence-electron chi connectivity index (χ1n) is 6.10. The maximum absolute atomic E-state index is 9.06. The number of aliphatic hydroxyl groups excluding tert-OH is 1. The van der Waals surface area contributed by atoms with Crippen LogP contribution in [-0.4, -0.2) is 17.8 Å². The maximum Gasteiger partial charge on any atom is 0.0584 e. The summed E-state index contributed by atoms with van der Waals surface area (Å²) in [5.41, 5.74) is 2.65. The average Bonchev–Trinajstić information content (AvgIpc) is 2.31. The fourth-order valence-corrected chi connectivity index (χ4v) is 1.62. The standard InChI is InChI=1S/C14H23NO/c1-4-14(10-16)15-9-12-5-7-13(8-6-12)11(2)3/h5-8,11,14-16H,4,9-10H2,1-3H3/t14-/m0/s1. The van der Waals surface area contributed by atoms with E-state index in [0.717, 1.165) is 13.0 Å². The van der Waals surface area contributed by atoms with Crippen molar-refractivity contribution in [1.29, 1.82) is 0 Å². The highest BCUT2D eigenvalue weighted by Gasteiger charge is 2.03. The predicted octanol–water partition coefficient (Wildman–Crippen LogP) is 2.67. The van der Waals surface area contributed by atoms with Gasteiger partial charge in [-0.05, 0) is 23.5 Å². The first-order valence-corrected chi connectivity index (χ1v) is 6.10. The molecular formula is C14H23NO. The molecule has 1 rings (SSSR count). The molecule has 0 unspecified atom stereocenters. The molecule has 0 saturated carbocycles. The molecule has 0 radical (unpaired) electrons. The molecule has 0 aromatic heterocycles. The van der Waals surface area contributed by atoms with Crippen LogP contribution in [0.5, 0.6) is 0 Å². The lowest BCUT2D eigenvalue weighted by Crippen LogP contribution is -2.31. The SMILES string of the molecule is CC[C@@H](CO)NCc1ccc(C(C)C)cc1. The van der Waals surface area contributed by atoms with Crippen LogP contribution in [0.15, 0.2) is 24.3 Å². The van der Waals surface area contributed by atoms with Crippen molar-refractivity contribution in [3.8, 4) is 0 Å². The molecule has 0 bridgehead atoms. The van der Waals surface area contributed by atoms with E-state index in [2.05, 4.69) is 50.4 Å². The first-order chi connectivity index (χ1) is 7.67. The van der Waals surface area contributed by atoms with E-state index in [1.54, 1.807) is 0 Å². The summed E-state index contributed by atoms with van der Waals surface area (Å²) in [7, 11) is 0. The Morgan fingerprint density at radius 2 is 1.81 bits per heavy atom. The average molecular weight is 221 g/mol. The van der Waals surface area contributed by atoms with Gasteiger partial charge < -0.3 is 10.4 Å². The first kappa shape index (κ1) is 13.2. The minimum Gasteiger partial charge on any atom is -0.395 e. The molecule has 0 amide bonds. The normalized spacial score (nSPS) is 13.1. The molecule has 90 valence electrons. The van der Waals surface area contributed by atoms with Gasteiger partial charge in [0.2, 0.25) is 0 Å². The van der Waals surface area contributed by atoms with Gasteiger partial charge in [-0.2, -0.15) is 0 Å². The smallest absolute Gasteiger partial charge is 0.0584 e. The second-order valence-electron chi connectivity index (χ2n) is 4.56. The minimum absolute atomic E-state index is 0.209. The molecule has 0 aliphatic heterocycles. The van der Waals surface area contributed by atoms with Crippen LogP contribution in [0, 0.1) is 0 Å². The van der Waals surface area contributed by atoms with E-state index in [-0.39, 0.29) is 12.6 Å². The summed E-state index contributed by atoms with van der Waals surface area (Å²) in [5, 5.41) is 12.4. The highest BCUT2D eigenvalue weighted by Crippen LogP contribution is 2.14. The van der Waals surface area contributed by atoms with E-state index in [9.17, 15) is 0 Å². The van der Waals surface area contributed by atoms with E-state index in [1.807, 2.05) is 0 Å². The Labute approximate surface area is 98.7 Å². The van der Waals surface area contributed by atoms with E-state index in [1.165, 1.54) is 11.1 Å². The molecule has 2 N–H and O–H groups in total. The summed E-state index contributed by atoms with van der Waals surface area (Å²) in [6, 6.07) is 8.90. The molecule has 16 heavy (non-hydrogen) atoms. The zero-order valence-electron chi connectivity index (χ0n) is 10.5. The van der Waals surface area contributed by atoms with Gasteiger partial charge in [-0.25, -0.2) is 0 Å². The number of hydrogen-bond donors (Lipinski definition) is 2. The molecule has 0 saturated heterocycles. The van der Waals surface area contributed by atoms with Crippen molar-refractivity contribution in [2.75, 3.05) is 6.61 Å². The quantitative estimate of drug-likeness (QED) is 0.774. The van der Waals surface area contributed by atoms with Crippen molar-refractivity contribution in [3.63, 3.8) is 0 Å². The van der Waals surface area contributed by atoms with Crippen molar-refractivity contribution in [2.24, 2.45) is 0 Å². The summed E-state index contributed by atoms with van der Waals surface area (Å²) in [6.07, 6.45) is 0.959. The van der Waals surface area contributed by atoms with E-state index in [0.29, 0.717) is 5.92 Å². The lowest BCUT2D eigenvalue weighted by atomic mass is 10.0. The lowest BCUT2D eigenvalue weighted by Gasteiger charge is -2.14. The molecule has 2 nitrogen and oxygen atoms in total. The molecule has 1 aromatic rings. The Balaban J connectivity index is 2.49. The van der Waals surface area contributed by atoms with Gasteiger partial charge in [0.15, 0.2) is 0 Å². The number of benzene rings is 1. The summed E-state index contributed by atoms with van der Waals surface area (Å²) in [5.74, 6) is 0.586. The number of aliphatic hydroxyl groups is 1. The Morgan fingerprint density at radius 3 is 2.25 bits per heavy atom. The van der Waals surface area contributed by atoms with Gasteiger partial charge in [0.1, 0.15) is 0 Å². The van der Waals surface area contributed by atoms with Crippen molar-refractivity contribution in [2.45, 2.75) is 45.7 Å². The zero-order valence-corrected chi connectivity index (χ0v) is 10.5. The van der Waals surface area contributed by atoms with Crippen LogP contribution in [-0.2, 0) is 6.54 Å². The van der Waals surface area contributed by atoms with Gasteiger partial charge in [-0.15, -0.1) is 0 Å². The van der Waals surface area contributed by atoms with Crippen LogP contribution in [0.3, 0.4) is 0 Å². The fourth-order valence-electron chi connectivity index (χ4n) is 1.62. The Kier molecular flexibility index (Phi) is 5.50. The fraction of sp³-hybridized carbons (Fsp3) is 0.571. The molecule has 0 aliphatic carbocycles. The summed E-state index contributed by atoms with van der Waals surface area (Å²) < 4.78 is 0. The second kappa shape index (κ2) is 6.66. The summed E-state index contributed by atoms with van der Waals surface area (Å²) in [4.78, 5) is 0. The number of hydrogen-bond acceptors (Lipinski definition) is 2. The van der Waals surface area contributed by atoms with Crippen molar-refractivity contribution in [1.82, 2.24) is 5.32 Å². The molecule has 1 atom stereocenters. The third kappa shape index (κ3) is 3.95. The van der Waals surface area contributed by atoms with E-state index in [4.69, 9.17) is 5.11 Å². The lowest BCUT2D eigenvalue weighted by molar-refractivity contribution is 0.238. The molecule has 1 aromatic carbocycles. The van der Waals surface area contributed by atoms with Crippen LogP contribution < -0.4 is 5.32 Å². The van der Waals surface area contributed by atoms with Crippen LogP contribution in [0.1, 0.15) is 44.2 Å². The van der Waals surface area contributed by atoms with Gasteiger partial charge in [0.05, 0.1) is 6.61 Å². The van der Waals surface area contributed by atoms with Crippen LogP contribution in [0.25, 0.3) is 0 Å². The third-order valence-corrected chi connectivity index (χ3v) is 2.95. The van der Waals surface area contributed by atoms with Crippen molar-refractivity contribution < 1.29 is 5.11 Å². The Bertz CT molecular complexity index is 288. The second-order valence-corrected chi connectivity index (χ2v) is 4.56. The summed E-state index contributed by atoms with van der Waals surface area (Å²) >= 11 is 0. The monoisotopic (exact) mass is 221 g/mol. The number of rotatable bonds is 6. The molecular weight excluding hydrogens is 198 g/mol. The Hall–Kier alpha value is -0.860. The highest BCUT2D eigenvalue weighted by atomic mass is 16.3. The van der Waals surface area contributed by atoms with Gasteiger partial charge in [-0.3, -0.25) is 0 Å². The van der Waals surface area contributed by atoms with Crippen LogP contribution in [0.4, 0.5) is 0 Å². The summed E-state index contributed by atoms with van der Waals surface area (Å²) in [6.45, 7) is 7.52. The minimum atomic E-state index is 0.209. The highest BCUT2D eigenvalue weighted by molar-refractivity contribution is 5.24. The Morgan fingerprint density at radius 1 is 1.19 bits per heavy atom. The zero-order chi connectivity index (χ0) is 12.0. The van der Waals surface area contributed by atoms with Gasteiger partial charge in [0, 0.05) is 12.6 Å². The maximum atomic E-state index is 9.06. The third-order valence-electron chi connectivity index (χ3n) is 2.95. The van der Waals surface area contributed by atoms with E-state index < -0.39 is 0 Å². The topological polar surface area (TPSA) is 32.3 Å². The van der Waals surface area contributed by atoms with Gasteiger partial charge >= 0.3 is 0 Å². The number of nitrogens with one attached hydrogen (secondary N) is 1. The predicted molar refractivity (Wildman–Crippen MR) is 68.5 cm³/mol. The molecule has 0 fully saturated rings. The van der Waals surface area contributed by atoms with Crippen LogP contribution in [0.2, 0.25) is 0 Å². The van der Waals surface area contributed by atoms with Crippen LogP contribution >= 0.6 is 0 Å². The van der Waals surface area contributed by atoms with Crippen molar-refractivity contribution in [3.05, 3.63) is 35.4 Å². The molecule has 0 spiro atoms. The molecule has 0 aliphatic rings. The van der Waals surface area contributed by atoms with Crippen molar-refractivity contribution >= 4 is 0 Å². The van der Waals surface area contributed by atoms with E-state index >= 15 is 0 Å². The van der Waals surface area contributed by atoms with Gasteiger partial charge in [-0.1, -0.05) is 45.0 Å². The molecule has 2 heteroatoms.